The van der Waals surface area contributed by atoms with Crippen molar-refractivity contribution in [2.24, 2.45) is 0 Å². The molecule has 4 heterocycles. The van der Waals surface area contributed by atoms with Crippen LogP contribution in [0, 0.1) is 18.8 Å². The Morgan fingerprint density at radius 1 is 1.07 bits per heavy atom. The molecule has 2 fully saturated rings. The number of benzene rings is 2. The number of carbonyl (C=O) groups excluding carboxylic acids is 1. The summed E-state index contributed by atoms with van der Waals surface area (Å²) in [5.74, 6) is 6.83. The molecule has 0 radical (unpaired) electrons. The molecular weight excluding hydrogens is 504 g/mol. The Balaban J connectivity index is 1.26. The number of urea groups is 1. The molecule has 2 aromatic heterocycles. The third kappa shape index (κ3) is 5.09. The summed E-state index contributed by atoms with van der Waals surface area (Å²) in [6, 6.07) is 15.4. The largest absolute Gasteiger partial charge is 0.383 e. The number of carbonyl (C=O) groups is 1. The summed E-state index contributed by atoms with van der Waals surface area (Å²) in [6.07, 6.45) is 4.19. The van der Waals surface area contributed by atoms with Gasteiger partial charge < -0.3 is 16.0 Å². The van der Waals surface area contributed by atoms with Crippen LogP contribution in [0.4, 0.5) is 16.3 Å². The highest BCUT2D eigenvalue weighted by atomic mass is 16.7. The van der Waals surface area contributed by atoms with E-state index in [9.17, 15) is 4.79 Å². The first-order chi connectivity index (χ1) is 19.5. The highest BCUT2D eigenvalue weighted by Gasteiger charge is 2.32. The fraction of sp³-hybridized carbons (Fsp3) is 0.333. The summed E-state index contributed by atoms with van der Waals surface area (Å²) in [6.45, 7) is 4.47. The lowest BCUT2D eigenvalue weighted by Gasteiger charge is -2.29. The third-order valence-corrected chi connectivity index (χ3v) is 7.65. The summed E-state index contributed by atoms with van der Waals surface area (Å²) in [7, 11) is 2.13. The molecule has 2 saturated heterocycles. The van der Waals surface area contributed by atoms with Crippen LogP contribution in [-0.2, 0) is 4.84 Å². The van der Waals surface area contributed by atoms with E-state index in [1.807, 2.05) is 60.1 Å². The van der Waals surface area contributed by atoms with Gasteiger partial charge in [-0.05, 0) is 69.1 Å². The average molecular weight is 537 g/mol. The van der Waals surface area contributed by atoms with Gasteiger partial charge in [-0.15, -0.1) is 0 Å². The third-order valence-electron chi connectivity index (χ3n) is 7.65. The number of piperidine rings is 1. The molecule has 6 rings (SSSR count). The predicted octanol–water partition coefficient (Wildman–Crippen LogP) is 4.29. The minimum Gasteiger partial charge on any atom is -0.383 e. The van der Waals surface area contributed by atoms with Gasteiger partial charge in [0.05, 0.1) is 24.1 Å². The molecule has 2 aliphatic rings. The second-order valence-corrected chi connectivity index (χ2v) is 10.4. The van der Waals surface area contributed by atoms with Gasteiger partial charge in [0, 0.05) is 17.7 Å². The smallest absolute Gasteiger partial charge is 0.346 e. The Labute approximate surface area is 233 Å². The van der Waals surface area contributed by atoms with Crippen molar-refractivity contribution in [3.63, 3.8) is 0 Å². The van der Waals surface area contributed by atoms with E-state index in [0.717, 1.165) is 49.0 Å². The first-order valence-corrected chi connectivity index (χ1v) is 13.6. The monoisotopic (exact) mass is 536 g/mol. The summed E-state index contributed by atoms with van der Waals surface area (Å²) < 4.78 is 1.97. The Morgan fingerprint density at radius 3 is 2.67 bits per heavy atom. The van der Waals surface area contributed by atoms with Crippen LogP contribution >= 0.6 is 0 Å². The SMILES string of the molecule is Cc1ccc(NC(=O)N2OCC[C@@H]2c2ccccc2)cc1C#Cc1nn(C2CCN(C)CC2)c2ncnc(N)c12. The number of nitrogens with two attached hydrogens (primary N) is 1. The molecule has 10 nitrogen and oxygen atoms in total. The molecule has 0 aliphatic carbocycles. The fourth-order valence-electron chi connectivity index (χ4n) is 5.36. The Bertz CT molecular complexity index is 1600. The number of hydroxylamine groups is 2. The Hall–Kier alpha value is -4.46. The molecule has 10 heteroatoms. The van der Waals surface area contributed by atoms with Gasteiger partial charge >= 0.3 is 6.03 Å². The molecule has 0 spiro atoms. The van der Waals surface area contributed by atoms with Gasteiger partial charge in [-0.2, -0.15) is 10.2 Å². The number of aryl methyl sites for hydroxylation is 1. The zero-order chi connectivity index (χ0) is 27.6. The minimum atomic E-state index is -0.318. The molecule has 2 amide bonds. The number of anilines is 2. The number of rotatable bonds is 3. The number of amides is 2. The van der Waals surface area contributed by atoms with Crippen LogP contribution in [0.1, 0.15) is 53.7 Å². The molecule has 2 aliphatic heterocycles. The number of hydrogen-bond donors (Lipinski definition) is 2. The van der Waals surface area contributed by atoms with E-state index in [0.29, 0.717) is 34.8 Å². The topological polar surface area (TPSA) is 114 Å². The van der Waals surface area contributed by atoms with Gasteiger partial charge in [-0.3, -0.25) is 4.84 Å². The molecule has 3 N–H and O–H groups in total. The highest BCUT2D eigenvalue weighted by molar-refractivity contribution is 5.91. The van der Waals surface area contributed by atoms with Gasteiger partial charge in [0.15, 0.2) is 5.65 Å². The number of fused-ring (bicyclic) bond motifs is 1. The molecule has 0 bridgehead atoms. The van der Waals surface area contributed by atoms with Gasteiger partial charge in [0.25, 0.3) is 0 Å². The second kappa shape index (κ2) is 11.0. The van der Waals surface area contributed by atoms with E-state index >= 15 is 0 Å². The van der Waals surface area contributed by atoms with Gasteiger partial charge in [-0.25, -0.2) is 19.4 Å². The number of nitrogen functional groups attached to an aromatic ring is 1. The maximum atomic E-state index is 13.1. The quantitative estimate of drug-likeness (QED) is 0.375. The van der Waals surface area contributed by atoms with E-state index in [-0.39, 0.29) is 18.1 Å². The van der Waals surface area contributed by atoms with Crippen molar-refractivity contribution < 1.29 is 9.63 Å². The maximum Gasteiger partial charge on any atom is 0.346 e. The first kappa shape index (κ1) is 25.8. The van der Waals surface area contributed by atoms with Crippen molar-refractivity contribution in [3.05, 3.63) is 77.2 Å². The van der Waals surface area contributed by atoms with Crippen molar-refractivity contribution in [2.75, 3.05) is 37.8 Å². The van der Waals surface area contributed by atoms with Crippen LogP contribution in [0.15, 0.2) is 54.9 Å². The molecule has 0 unspecified atom stereocenters. The van der Waals surface area contributed by atoms with Gasteiger partial charge in [0.2, 0.25) is 0 Å². The normalized spacial score (nSPS) is 18.1. The molecule has 1 atom stereocenters. The zero-order valence-corrected chi connectivity index (χ0v) is 22.7. The molecular formula is C30H32N8O2. The van der Waals surface area contributed by atoms with E-state index in [1.54, 1.807) is 0 Å². The average Bonchev–Trinajstić information content (AvgIpc) is 3.61. The summed E-state index contributed by atoms with van der Waals surface area (Å²) >= 11 is 0. The lowest BCUT2D eigenvalue weighted by Crippen LogP contribution is -2.33. The van der Waals surface area contributed by atoms with Gasteiger partial charge in [0.1, 0.15) is 17.8 Å². The standard InChI is InChI=1S/C30H32N8O2/c1-20-8-10-23(34-30(39)38-26(14-17-40-38)21-6-4-3-5-7-21)18-22(20)9-11-25-27-28(31)32-19-33-29(27)37(35-25)24-12-15-36(2)16-13-24/h3-8,10,18-19,24,26H,12-17H2,1-2H3,(H,34,39)(H2,31,32,33)/t26-/m1/s1. The number of likely N-dealkylation sites (tertiary alicyclic amines) is 1. The van der Waals surface area contributed by atoms with Crippen LogP contribution in [-0.4, -0.2) is 62.5 Å². The van der Waals surface area contributed by atoms with Crippen LogP contribution in [0.2, 0.25) is 0 Å². The van der Waals surface area contributed by atoms with Crippen LogP contribution in [0.3, 0.4) is 0 Å². The van der Waals surface area contributed by atoms with Crippen LogP contribution < -0.4 is 11.1 Å². The Kier molecular flexibility index (Phi) is 7.07. The van der Waals surface area contributed by atoms with E-state index in [4.69, 9.17) is 15.7 Å². The summed E-state index contributed by atoms with van der Waals surface area (Å²) in [5, 5.41) is 9.92. The number of hydrogen-bond acceptors (Lipinski definition) is 7. The highest BCUT2D eigenvalue weighted by Crippen LogP contribution is 2.31. The Morgan fingerprint density at radius 2 is 1.88 bits per heavy atom. The maximum absolute atomic E-state index is 13.1. The number of aromatic nitrogens is 4. The van der Waals surface area contributed by atoms with Crippen molar-refractivity contribution >= 4 is 28.6 Å². The first-order valence-electron chi connectivity index (χ1n) is 13.6. The molecule has 0 saturated carbocycles. The fourth-order valence-corrected chi connectivity index (χ4v) is 5.36. The van der Waals surface area contributed by atoms with Crippen LogP contribution in [0.25, 0.3) is 11.0 Å². The number of nitrogens with zero attached hydrogens (tertiary/aromatic N) is 6. The summed E-state index contributed by atoms with van der Waals surface area (Å²) in [4.78, 5) is 29.8. The van der Waals surface area contributed by atoms with Crippen molar-refractivity contribution in [1.29, 1.82) is 0 Å². The molecule has 204 valence electrons. The van der Waals surface area contributed by atoms with Gasteiger partial charge in [-0.1, -0.05) is 42.3 Å². The second-order valence-electron chi connectivity index (χ2n) is 10.4. The van der Waals surface area contributed by atoms with E-state index in [1.165, 1.54) is 11.4 Å². The molecule has 2 aromatic carbocycles. The zero-order valence-electron chi connectivity index (χ0n) is 22.7. The predicted molar refractivity (Wildman–Crippen MR) is 153 cm³/mol. The molecule has 4 aromatic rings. The molecule has 40 heavy (non-hydrogen) atoms. The summed E-state index contributed by atoms with van der Waals surface area (Å²) in [5.41, 5.74) is 11.0. The van der Waals surface area contributed by atoms with Crippen LogP contribution in [0.5, 0.6) is 0 Å². The minimum absolute atomic E-state index is 0.133. The lowest BCUT2D eigenvalue weighted by molar-refractivity contribution is -0.0829. The lowest BCUT2D eigenvalue weighted by atomic mass is 10.1. The van der Waals surface area contributed by atoms with E-state index < -0.39 is 0 Å². The number of nitrogens with one attached hydrogen (secondary N) is 1. The van der Waals surface area contributed by atoms with Crippen molar-refractivity contribution in [3.8, 4) is 11.8 Å². The van der Waals surface area contributed by atoms with Crippen molar-refractivity contribution in [2.45, 2.75) is 38.3 Å². The van der Waals surface area contributed by atoms with Crippen molar-refractivity contribution in [1.82, 2.24) is 29.7 Å². The van der Waals surface area contributed by atoms with E-state index in [2.05, 4.69) is 39.1 Å².